The number of unbranched alkanes of at least 4 members (excludes halogenated alkanes) is 1. The molecule has 0 saturated heterocycles. The highest BCUT2D eigenvalue weighted by molar-refractivity contribution is 6.04. The van der Waals surface area contributed by atoms with E-state index < -0.39 is 0 Å². The Morgan fingerprint density at radius 3 is 3.12 bits per heavy atom. The van der Waals surface area contributed by atoms with E-state index in [1.807, 2.05) is 18.2 Å². The van der Waals surface area contributed by atoms with E-state index in [1.54, 1.807) is 0 Å². The number of anilines is 1. The van der Waals surface area contributed by atoms with Crippen LogP contribution in [0.3, 0.4) is 0 Å². The molecule has 0 atom stereocenters. The SMILES string of the molecule is C#CCCCO/N=C1/CCc2cc(N)ccc21. The predicted octanol–water partition coefficient (Wildman–Crippen LogP) is 2.35. The summed E-state index contributed by atoms with van der Waals surface area (Å²) in [4.78, 5) is 5.27. The first-order valence-corrected chi connectivity index (χ1v) is 5.82. The van der Waals surface area contributed by atoms with Crippen molar-refractivity contribution in [1.29, 1.82) is 0 Å². The van der Waals surface area contributed by atoms with Crippen molar-refractivity contribution in [3.8, 4) is 12.3 Å². The fourth-order valence-corrected chi connectivity index (χ4v) is 1.95. The maximum atomic E-state index is 5.74. The maximum Gasteiger partial charge on any atom is 0.118 e. The Kier molecular flexibility index (Phi) is 3.66. The molecular weight excluding hydrogens is 212 g/mol. The van der Waals surface area contributed by atoms with Crippen LogP contribution in [0.5, 0.6) is 0 Å². The highest BCUT2D eigenvalue weighted by Crippen LogP contribution is 2.24. The Morgan fingerprint density at radius 2 is 2.29 bits per heavy atom. The number of fused-ring (bicyclic) bond motifs is 1. The molecule has 1 aliphatic carbocycles. The highest BCUT2D eigenvalue weighted by atomic mass is 16.6. The van der Waals surface area contributed by atoms with Gasteiger partial charge in [0, 0.05) is 17.7 Å². The van der Waals surface area contributed by atoms with Crippen LogP contribution in [0.1, 0.15) is 30.4 Å². The number of aryl methyl sites for hydroxylation is 1. The van der Waals surface area contributed by atoms with Gasteiger partial charge in [0.25, 0.3) is 0 Å². The number of nitrogen functional groups attached to an aromatic ring is 1. The summed E-state index contributed by atoms with van der Waals surface area (Å²) in [5, 5.41) is 4.17. The van der Waals surface area contributed by atoms with Crippen LogP contribution in [0, 0.1) is 12.3 Å². The number of benzene rings is 1. The van der Waals surface area contributed by atoms with Crippen LogP contribution >= 0.6 is 0 Å². The second kappa shape index (κ2) is 5.40. The van der Waals surface area contributed by atoms with Crippen molar-refractivity contribution in [2.45, 2.75) is 25.7 Å². The summed E-state index contributed by atoms with van der Waals surface area (Å²) in [6.45, 7) is 0.581. The molecule has 0 aromatic heterocycles. The largest absolute Gasteiger partial charge is 0.399 e. The van der Waals surface area contributed by atoms with E-state index in [-0.39, 0.29) is 0 Å². The van der Waals surface area contributed by atoms with Gasteiger partial charge < -0.3 is 10.6 Å². The summed E-state index contributed by atoms with van der Waals surface area (Å²) in [5.41, 5.74) is 9.98. The van der Waals surface area contributed by atoms with Gasteiger partial charge in [-0.2, -0.15) is 0 Å². The molecule has 0 bridgehead atoms. The molecule has 0 saturated carbocycles. The zero-order valence-electron chi connectivity index (χ0n) is 9.78. The first kappa shape index (κ1) is 11.5. The summed E-state index contributed by atoms with van der Waals surface area (Å²) in [7, 11) is 0. The molecule has 1 aromatic carbocycles. The normalized spacial score (nSPS) is 15.6. The Labute approximate surface area is 102 Å². The number of terminal acetylenes is 1. The maximum absolute atomic E-state index is 5.74. The minimum atomic E-state index is 0.581. The lowest BCUT2D eigenvalue weighted by Gasteiger charge is -2.02. The second-order valence-corrected chi connectivity index (χ2v) is 4.10. The third-order valence-corrected chi connectivity index (χ3v) is 2.80. The van der Waals surface area contributed by atoms with Crippen molar-refractivity contribution in [3.05, 3.63) is 29.3 Å². The zero-order chi connectivity index (χ0) is 12.1. The monoisotopic (exact) mass is 228 g/mol. The van der Waals surface area contributed by atoms with Gasteiger partial charge in [-0.15, -0.1) is 12.3 Å². The zero-order valence-corrected chi connectivity index (χ0v) is 9.78. The molecule has 0 heterocycles. The molecule has 2 N–H and O–H groups in total. The van der Waals surface area contributed by atoms with Crippen LogP contribution in [0.15, 0.2) is 23.4 Å². The molecule has 3 heteroatoms. The number of nitrogens with two attached hydrogens (primary N) is 1. The summed E-state index contributed by atoms with van der Waals surface area (Å²) in [5.74, 6) is 2.58. The third-order valence-electron chi connectivity index (χ3n) is 2.80. The van der Waals surface area contributed by atoms with E-state index in [9.17, 15) is 0 Å². The van der Waals surface area contributed by atoms with Gasteiger partial charge in [0.1, 0.15) is 6.61 Å². The van der Waals surface area contributed by atoms with E-state index in [2.05, 4.69) is 11.1 Å². The van der Waals surface area contributed by atoms with Crippen LogP contribution < -0.4 is 5.73 Å². The number of rotatable bonds is 4. The minimum absolute atomic E-state index is 0.581. The van der Waals surface area contributed by atoms with Crippen molar-refractivity contribution in [2.75, 3.05) is 12.3 Å². The minimum Gasteiger partial charge on any atom is -0.399 e. The van der Waals surface area contributed by atoms with E-state index in [0.717, 1.165) is 42.6 Å². The fraction of sp³-hybridized carbons (Fsp3) is 0.357. The van der Waals surface area contributed by atoms with Gasteiger partial charge in [-0.05, 0) is 37.0 Å². The lowest BCUT2D eigenvalue weighted by Crippen LogP contribution is -1.98. The first-order valence-electron chi connectivity index (χ1n) is 5.82. The lowest BCUT2D eigenvalue weighted by molar-refractivity contribution is 0.142. The van der Waals surface area contributed by atoms with Crippen LogP contribution in [0.2, 0.25) is 0 Å². The molecule has 0 amide bonds. The molecule has 1 aliphatic rings. The van der Waals surface area contributed by atoms with Crippen molar-refractivity contribution >= 4 is 11.4 Å². The number of hydrogen-bond donors (Lipinski definition) is 1. The summed E-state index contributed by atoms with van der Waals surface area (Å²) in [6.07, 6.45) is 8.66. The number of oxime groups is 1. The van der Waals surface area contributed by atoms with Crippen molar-refractivity contribution in [1.82, 2.24) is 0 Å². The van der Waals surface area contributed by atoms with Crippen molar-refractivity contribution < 1.29 is 4.84 Å². The Morgan fingerprint density at radius 1 is 1.41 bits per heavy atom. The highest BCUT2D eigenvalue weighted by Gasteiger charge is 2.18. The molecule has 3 nitrogen and oxygen atoms in total. The van der Waals surface area contributed by atoms with Gasteiger partial charge in [0.2, 0.25) is 0 Å². The van der Waals surface area contributed by atoms with E-state index in [0.29, 0.717) is 6.61 Å². The summed E-state index contributed by atoms with van der Waals surface area (Å²) < 4.78 is 0. The standard InChI is InChI=1S/C14H16N2O/c1-2-3-4-9-17-16-14-8-5-11-10-12(15)6-7-13(11)14/h1,6-7,10H,3-5,8-9,15H2/b16-14-. The fourth-order valence-electron chi connectivity index (χ4n) is 1.95. The van der Waals surface area contributed by atoms with Crippen molar-refractivity contribution in [3.63, 3.8) is 0 Å². The van der Waals surface area contributed by atoms with E-state index in [4.69, 9.17) is 17.0 Å². The third kappa shape index (κ3) is 2.79. The molecule has 0 spiro atoms. The van der Waals surface area contributed by atoms with Gasteiger partial charge in [-0.1, -0.05) is 11.2 Å². The molecule has 0 aliphatic heterocycles. The predicted molar refractivity (Wildman–Crippen MR) is 69.7 cm³/mol. The molecule has 1 aromatic rings. The topological polar surface area (TPSA) is 47.6 Å². The Balaban J connectivity index is 1.97. The van der Waals surface area contributed by atoms with Gasteiger partial charge in [-0.3, -0.25) is 0 Å². The van der Waals surface area contributed by atoms with Gasteiger partial charge in [-0.25, -0.2) is 0 Å². The molecule has 0 unspecified atom stereocenters. The quantitative estimate of drug-likeness (QED) is 0.372. The van der Waals surface area contributed by atoms with Crippen LogP contribution in [-0.2, 0) is 11.3 Å². The summed E-state index contributed by atoms with van der Waals surface area (Å²) >= 11 is 0. The Bertz CT molecular complexity index is 472. The molecular formula is C14H16N2O. The van der Waals surface area contributed by atoms with Gasteiger partial charge in [0.05, 0.1) is 5.71 Å². The van der Waals surface area contributed by atoms with Gasteiger partial charge in [0.15, 0.2) is 0 Å². The van der Waals surface area contributed by atoms with Gasteiger partial charge >= 0.3 is 0 Å². The summed E-state index contributed by atoms with van der Waals surface area (Å²) in [6, 6.07) is 5.93. The molecule has 88 valence electrons. The number of nitrogens with zero attached hydrogens (tertiary/aromatic N) is 1. The van der Waals surface area contributed by atoms with Crippen LogP contribution in [-0.4, -0.2) is 12.3 Å². The smallest absolute Gasteiger partial charge is 0.118 e. The van der Waals surface area contributed by atoms with Crippen LogP contribution in [0.4, 0.5) is 5.69 Å². The second-order valence-electron chi connectivity index (χ2n) is 4.10. The van der Waals surface area contributed by atoms with E-state index >= 15 is 0 Å². The van der Waals surface area contributed by atoms with E-state index in [1.165, 1.54) is 5.56 Å². The Hall–Kier alpha value is -1.95. The van der Waals surface area contributed by atoms with Crippen LogP contribution in [0.25, 0.3) is 0 Å². The number of hydrogen-bond acceptors (Lipinski definition) is 3. The van der Waals surface area contributed by atoms with Crippen molar-refractivity contribution in [2.24, 2.45) is 5.16 Å². The molecule has 0 radical (unpaired) electrons. The average molecular weight is 228 g/mol. The average Bonchev–Trinajstić information content (AvgIpc) is 2.71. The molecule has 2 rings (SSSR count). The first-order chi connectivity index (χ1) is 8.31. The molecule has 0 fully saturated rings. The molecule has 17 heavy (non-hydrogen) atoms. The lowest BCUT2D eigenvalue weighted by atomic mass is 10.1.